The molecule has 3 aliphatic rings. The van der Waals surface area contributed by atoms with Crippen LogP contribution in [0.15, 0.2) is 36.4 Å². The number of rotatable bonds is 12. The number of aromatic nitrogens is 1. The second-order valence-electron chi connectivity index (χ2n) is 11.0. The van der Waals surface area contributed by atoms with Gasteiger partial charge < -0.3 is 19.9 Å². The summed E-state index contributed by atoms with van der Waals surface area (Å²) in [6.07, 6.45) is 4.76. The van der Waals surface area contributed by atoms with E-state index in [1.54, 1.807) is 17.0 Å². The van der Waals surface area contributed by atoms with E-state index in [0.717, 1.165) is 42.9 Å². The summed E-state index contributed by atoms with van der Waals surface area (Å²) >= 11 is 0. The number of benzene rings is 1. The van der Waals surface area contributed by atoms with Gasteiger partial charge in [-0.1, -0.05) is 30.3 Å². The number of likely N-dealkylation sites (tertiary alicyclic amines) is 1. The molecule has 212 valence electrons. The standard InChI is InChI=1S/C30H39F2N3O4/c31-30(32,14-4-3-8-24-11-10-21-7-5-15-33-28(21)34-24)23-12-16-35(18-23)27(29(36)37)26-9-2-1-6-22(26)19-39-25-13-17-38-20-25/h1-2,6,9-11,23,25,27H,3-5,7-8,12-20H2,(H,33,34)(H,36,37)/t23?,25-,27?/m0/s1. The fourth-order valence-corrected chi connectivity index (χ4v) is 6.02. The number of aliphatic carboxylic acids is 1. The minimum absolute atomic E-state index is 0.00381. The third-order valence-electron chi connectivity index (χ3n) is 8.27. The molecule has 2 aromatic rings. The molecule has 0 amide bonds. The summed E-state index contributed by atoms with van der Waals surface area (Å²) in [5, 5.41) is 13.5. The van der Waals surface area contributed by atoms with Crippen LogP contribution in [0.25, 0.3) is 0 Å². The van der Waals surface area contributed by atoms with Crippen molar-refractivity contribution in [2.75, 3.05) is 38.2 Å². The molecule has 2 N–H and O–H groups in total. The lowest BCUT2D eigenvalue weighted by molar-refractivity contribution is -0.143. The van der Waals surface area contributed by atoms with E-state index in [4.69, 9.17) is 9.47 Å². The van der Waals surface area contributed by atoms with Crippen LogP contribution in [0, 0.1) is 5.92 Å². The maximum atomic E-state index is 15.3. The molecule has 3 aliphatic heterocycles. The number of aryl methyl sites for hydroxylation is 2. The summed E-state index contributed by atoms with van der Waals surface area (Å²) in [5.41, 5.74) is 3.55. The van der Waals surface area contributed by atoms with Crippen molar-refractivity contribution in [2.45, 2.75) is 76.0 Å². The highest BCUT2D eigenvalue weighted by molar-refractivity contribution is 5.76. The minimum Gasteiger partial charge on any atom is -0.480 e. The zero-order chi connectivity index (χ0) is 27.2. The van der Waals surface area contributed by atoms with E-state index in [1.165, 1.54) is 5.56 Å². The van der Waals surface area contributed by atoms with Crippen molar-refractivity contribution >= 4 is 11.8 Å². The molecule has 0 aliphatic carbocycles. The number of nitrogens with zero attached hydrogens (tertiary/aromatic N) is 2. The number of anilines is 1. The lowest BCUT2D eigenvalue weighted by Gasteiger charge is -2.28. The van der Waals surface area contributed by atoms with E-state index in [9.17, 15) is 9.90 Å². The molecule has 3 atom stereocenters. The van der Waals surface area contributed by atoms with E-state index in [0.29, 0.717) is 44.6 Å². The molecule has 0 bridgehead atoms. The first-order valence-electron chi connectivity index (χ1n) is 14.3. The van der Waals surface area contributed by atoms with Crippen LogP contribution in [0.1, 0.15) is 67.0 Å². The number of unbranched alkanes of at least 4 members (excludes halogenated alkanes) is 1. The van der Waals surface area contributed by atoms with Gasteiger partial charge in [0.25, 0.3) is 5.92 Å². The van der Waals surface area contributed by atoms with Crippen LogP contribution in [0.5, 0.6) is 0 Å². The molecule has 2 saturated heterocycles. The Labute approximate surface area is 228 Å². The van der Waals surface area contributed by atoms with Crippen molar-refractivity contribution in [3.63, 3.8) is 0 Å². The lowest BCUT2D eigenvalue weighted by atomic mass is 9.94. The SMILES string of the molecule is O=C(O)C(c1ccccc1CO[C@H]1CCOC1)N1CCC(C(F)(F)CCCCc2ccc3c(n2)NCCC3)C1. The molecule has 4 heterocycles. The Hall–Kier alpha value is -2.62. The monoisotopic (exact) mass is 543 g/mol. The Morgan fingerprint density at radius 1 is 1.23 bits per heavy atom. The van der Waals surface area contributed by atoms with Crippen LogP contribution in [0.3, 0.4) is 0 Å². The summed E-state index contributed by atoms with van der Waals surface area (Å²) in [5.74, 6) is -3.79. The number of carboxylic acid groups (broad SMARTS) is 1. The molecule has 2 fully saturated rings. The van der Waals surface area contributed by atoms with Gasteiger partial charge in [0.15, 0.2) is 0 Å². The summed E-state index contributed by atoms with van der Waals surface area (Å²) in [7, 11) is 0. The van der Waals surface area contributed by atoms with Crippen molar-refractivity contribution in [1.29, 1.82) is 0 Å². The Morgan fingerprint density at radius 3 is 2.92 bits per heavy atom. The first-order valence-corrected chi connectivity index (χ1v) is 14.3. The van der Waals surface area contributed by atoms with Crippen molar-refractivity contribution in [3.8, 4) is 0 Å². The van der Waals surface area contributed by atoms with Crippen molar-refractivity contribution < 1.29 is 28.2 Å². The van der Waals surface area contributed by atoms with Crippen molar-refractivity contribution in [1.82, 2.24) is 9.88 Å². The fourth-order valence-electron chi connectivity index (χ4n) is 6.02. The summed E-state index contributed by atoms with van der Waals surface area (Å²) < 4.78 is 41.8. The van der Waals surface area contributed by atoms with E-state index in [-0.39, 0.29) is 32.1 Å². The molecule has 0 radical (unpaired) electrons. The fraction of sp³-hybridized carbons (Fsp3) is 0.600. The first-order chi connectivity index (χ1) is 18.9. The van der Waals surface area contributed by atoms with Gasteiger partial charge in [0.1, 0.15) is 11.9 Å². The number of fused-ring (bicyclic) bond motifs is 1. The van der Waals surface area contributed by atoms with E-state index in [1.807, 2.05) is 18.2 Å². The Bertz CT molecular complexity index is 1130. The Balaban J connectivity index is 1.15. The van der Waals surface area contributed by atoms with Crippen LogP contribution >= 0.6 is 0 Å². The minimum atomic E-state index is -2.84. The van der Waals surface area contributed by atoms with Crippen LogP contribution in [0.2, 0.25) is 0 Å². The zero-order valence-electron chi connectivity index (χ0n) is 22.4. The van der Waals surface area contributed by atoms with E-state index in [2.05, 4.69) is 16.4 Å². The molecule has 2 unspecified atom stereocenters. The highest BCUT2D eigenvalue weighted by Gasteiger charge is 2.45. The predicted octanol–water partition coefficient (Wildman–Crippen LogP) is 5.24. The highest BCUT2D eigenvalue weighted by atomic mass is 19.3. The Kier molecular flexibility index (Phi) is 9.10. The average molecular weight is 544 g/mol. The molecule has 9 heteroatoms. The molecular weight excluding hydrogens is 504 g/mol. The van der Waals surface area contributed by atoms with Crippen LogP contribution < -0.4 is 5.32 Å². The third kappa shape index (κ3) is 6.94. The first kappa shape index (κ1) is 27.9. The van der Waals surface area contributed by atoms with Gasteiger partial charge in [-0.25, -0.2) is 13.8 Å². The number of alkyl halides is 2. The summed E-state index contributed by atoms with van der Waals surface area (Å²) in [4.78, 5) is 18.8. The third-order valence-corrected chi connectivity index (χ3v) is 8.27. The van der Waals surface area contributed by atoms with Crippen molar-refractivity contribution in [3.05, 3.63) is 58.8 Å². The molecular formula is C30H39F2N3O4. The van der Waals surface area contributed by atoms with Crippen LogP contribution in [-0.2, 0) is 33.7 Å². The number of nitrogens with one attached hydrogen (secondary N) is 1. The van der Waals surface area contributed by atoms with Gasteiger partial charge in [-0.05, 0) is 74.2 Å². The number of ether oxygens (including phenoxy) is 2. The zero-order valence-corrected chi connectivity index (χ0v) is 22.4. The molecule has 0 saturated carbocycles. The van der Waals surface area contributed by atoms with Crippen molar-refractivity contribution in [2.24, 2.45) is 5.92 Å². The maximum absolute atomic E-state index is 15.3. The number of carboxylic acids is 1. The van der Waals surface area contributed by atoms with Gasteiger partial charge in [0.2, 0.25) is 0 Å². The molecule has 39 heavy (non-hydrogen) atoms. The normalized spacial score (nSPS) is 22.4. The number of hydrogen-bond donors (Lipinski definition) is 2. The predicted molar refractivity (Wildman–Crippen MR) is 144 cm³/mol. The maximum Gasteiger partial charge on any atom is 0.325 e. The van der Waals surface area contributed by atoms with E-state index < -0.39 is 23.9 Å². The molecule has 0 spiro atoms. The number of hydrogen-bond acceptors (Lipinski definition) is 6. The molecule has 1 aromatic heterocycles. The Morgan fingerprint density at radius 2 is 2.10 bits per heavy atom. The summed E-state index contributed by atoms with van der Waals surface area (Å²) in [6.45, 7) is 2.79. The van der Waals surface area contributed by atoms with Crippen LogP contribution in [0.4, 0.5) is 14.6 Å². The van der Waals surface area contributed by atoms with Gasteiger partial charge in [0, 0.05) is 37.7 Å². The second kappa shape index (κ2) is 12.7. The quantitative estimate of drug-likeness (QED) is 0.354. The summed E-state index contributed by atoms with van der Waals surface area (Å²) in [6, 6.07) is 10.4. The smallest absolute Gasteiger partial charge is 0.325 e. The van der Waals surface area contributed by atoms with Gasteiger partial charge in [0.05, 0.1) is 19.3 Å². The molecule has 5 rings (SSSR count). The highest BCUT2D eigenvalue weighted by Crippen LogP contribution is 2.40. The van der Waals surface area contributed by atoms with Crippen LogP contribution in [-0.4, -0.2) is 65.8 Å². The number of halogens is 2. The number of pyridine rings is 1. The molecule has 7 nitrogen and oxygen atoms in total. The topological polar surface area (TPSA) is 83.9 Å². The van der Waals surface area contributed by atoms with Gasteiger partial charge in [-0.3, -0.25) is 9.69 Å². The largest absolute Gasteiger partial charge is 0.480 e. The van der Waals surface area contributed by atoms with E-state index >= 15 is 8.78 Å². The average Bonchev–Trinajstić information content (AvgIpc) is 3.64. The van der Waals surface area contributed by atoms with Gasteiger partial charge >= 0.3 is 5.97 Å². The number of carbonyl (C=O) groups is 1. The van der Waals surface area contributed by atoms with Gasteiger partial charge in [-0.15, -0.1) is 0 Å². The second-order valence-corrected chi connectivity index (χ2v) is 11.0. The lowest BCUT2D eigenvalue weighted by Crippen LogP contribution is -2.36. The van der Waals surface area contributed by atoms with Gasteiger partial charge in [-0.2, -0.15) is 0 Å². The molecule has 1 aromatic carbocycles.